The van der Waals surface area contributed by atoms with Gasteiger partial charge in [-0.3, -0.25) is 4.79 Å². The van der Waals surface area contributed by atoms with Crippen molar-refractivity contribution >= 4 is 11.9 Å². The molecule has 0 aliphatic carbocycles. The summed E-state index contributed by atoms with van der Waals surface area (Å²) in [5.41, 5.74) is 6.56. The molecule has 0 fully saturated rings. The summed E-state index contributed by atoms with van der Waals surface area (Å²) in [5.74, 6) is -1.04. The van der Waals surface area contributed by atoms with Crippen LogP contribution in [0.25, 0.3) is 0 Å². The van der Waals surface area contributed by atoms with Gasteiger partial charge in [-0.15, -0.1) is 0 Å². The molecular formula is C14H20N2O3. The zero-order valence-corrected chi connectivity index (χ0v) is 11.1. The van der Waals surface area contributed by atoms with Crippen molar-refractivity contribution in [2.75, 3.05) is 13.1 Å². The molecule has 1 amide bonds. The van der Waals surface area contributed by atoms with Gasteiger partial charge in [-0.1, -0.05) is 19.1 Å². The number of hydrogen-bond donors (Lipinski definition) is 3. The number of nitrogens with two attached hydrogens (primary N) is 1. The number of carboxylic acid groups (broad SMARTS) is 1. The zero-order valence-electron chi connectivity index (χ0n) is 11.1. The molecule has 0 aliphatic heterocycles. The summed E-state index contributed by atoms with van der Waals surface area (Å²) in [7, 11) is 0. The van der Waals surface area contributed by atoms with Gasteiger partial charge in [0.05, 0.1) is 5.56 Å². The fraction of sp³-hybridized carbons (Fsp3) is 0.429. The second-order valence-corrected chi connectivity index (χ2v) is 4.52. The molecule has 0 radical (unpaired) electrons. The Morgan fingerprint density at radius 2 is 2.16 bits per heavy atom. The minimum absolute atomic E-state index is 0.0140. The topological polar surface area (TPSA) is 92.4 Å². The van der Waals surface area contributed by atoms with Crippen molar-refractivity contribution in [2.45, 2.75) is 19.8 Å². The van der Waals surface area contributed by atoms with Gasteiger partial charge < -0.3 is 16.2 Å². The Morgan fingerprint density at radius 1 is 1.42 bits per heavy atom. The van der Waals surface area contributed by atoms with Crippen LogP contribution in [0.1, 0.15) is 29.3 Å². The van der Waals surface area contributed by atoms with Gasteiger partial charge in [0.2, 0.25) is 5.91 Å². The van der Waals surface area contributed by atoms with Gasteiger partial charge in [0.1, 0.15) is 0 Å². The molecule has 0 heterocycles. The van der Waals surface area contributed by atoms with Gasteiger partial charge in [0, 0.05) is 12.5 Å². The summed E-state index contributed by atoms with van der Waals surface area (Å²) < 4.78 is 0. The molecule has 0 aliphatic rings. The largest absolute Gasteiger partial charge is 0.478 e. The van der Waals surface area contributed by atoms with Crippen molar-refractivity contribution in [3.8, 4) is 0 Å². The summed E-state index contributed by atoms with van der Waals surface area (Å²) >= 11 is 0. The molecule has 4 N–H and O–H groups in total. The molecule has 1 atom stereocenters. The predicted octanol–water partition coefficient (Wildman–Crippen LogP) is 1.03. The number of carbonyl (C=O) groups is 2. The average molecular weight is 264 g/mol. The number of aromatic carboxylic acids is 1. The minimum Gasteiger partial charge on any atom is -0.478 e. The Bertz CT molecular complexity index is 446. The van der Waals surface area contributed by atoms with Crippen LogP contribution in [0.15, 0.2) is 24.3 Å². The molecule has 5 nitrogen and oxygen atoms in total. The first-order chi connectivity index (χ1) is 9.04. The van der Waals surface area contributed by atoms with E-state index in [2.05, 4.69) is 5.32 Å². The van der Waals surface area contributed by atoms with Gasteiger partial charge in [0.25, 0.3) is 0 Å². The third kappa shape index (κ3) is 5.09. The van der Waals surface area contributed by atoms with Crippen LogP contribution in [0, 0.1) is 5.92 Å². The number of hydrogen-bond acceptors (Lipinski definition) is 3. The van der Waals surface area contributed by atoms with E-state index in [1.807, 2.05) is 13.0 Å². The monoisotopic (exact) mass is 264 g/mol. The Balaban J connectivity index is 2.43. The van der Waals surface area contributed by atoms with Gasteiger partial charge in [-0.2, -0.15) is 0 Å². The minimum atomic E-state index is -0.942. The van der Waals surface area contributed by atoms with E-state index in [0.29, 0.717) is 25.9 Å². The number of benzene rings is 1. The van der Waals surface area contributed by atoms with Crippen LogP contribution in [0.2, 0.25) is 0 Å². The summed E-state index contributed by atoms with van der Waals surface area (Å²) in [4.78, 5) is 22.5. The van der Waals surface area contributed by atoms with E-state index in [9.17, 15) is 9.59 Å². The lowest BCUT2D eigenvalue weighted by molar-refractivity contribution is -0.124. The van der Waals surface area contributed by atoms with Crippen LogP contribution in [-0.2, 0) is 11.2 Å². The first-order valence-corrected chi connectivity index (χ1v) is 6.34. The summed E-state index contributed by atoms with van der Waals surface area (Å²) in [6.07, 6.45) is 1.28. The molecule has 0 saturated heterocycles. The van der Waals surface area contributed by atoms with Crippen molar-refractivity contribution in [1.29, 1.82) is 0 Å². The molecule has 0 bridgehead atoms. The fourth-order valence-corrected chi connectivity index (χ4v) is 1.75. The molecule has 19 heavy (non-hydrogen) atoms. The number of rotatable bonds is 7. The highest BCUT2D eigenvalue weighted by atomic mass is 16.4. The van der Waals surface area contributed by atoms with Gasteiger partial charge in [-0.05, 0) is 37.1 Å². The van der Waals surface area contributed by atoms with Crippen molar-refractivity contribution < 1.29 is 14.7 Å². The number of carbonyl (C=O) groups excluding carboxylic acids is 1. The molecule has 0 saturated carbocycles. The molecule has 104 valence electrons. The van der Waals surface area contributed by atoms with Crippen LogP contribution < -0.4 is 11.1 Å². The molecule has 1 unspecified atom stereocenters. The molecule has 1 rings (SSSR count). The Hall–Kier alpha value is -1.88. The molecule has 1 aromatic carbocycles. The van der Waals surface area contributed by atoms with E-state index in [4.69, 9.17) is 10.8 Å². The molecule has 0 aromatic heterocycles. The van der Waals surface area contributed by atoms with Crippen LogP contribution in [0.5, 0.6) is 0 Å². The van der Waals surface area contributed by atoms with Gasteiger partial charge >= 0.3 is 5.97 Å². The van der Waals surface area contributed by atoms with E-state index in [-0.39, 0.29) is 17.4 Å². The molecule has 0 spiro atoms. The summed E-state index contributed by atoms with van der Waals surface area (Å²) in [5, 5.41) is 11.7. The number of amides is 1. The van der Waals surface area contributed by atoms with E-state index in [1.165, 1.54) is 0 Å². The summed E-state index contributed by atoms with van der Waals surface area (Å²) in [6, 6.07) is 6.73. The predicted molar refractivity (Wildman–Crippen MR) is 73.0 cm³/mol. The second-order valence-electron chi connectivity index (χ2n) is 4.52. The lowest BCUT2D eigenvalue weighted by atomic mass is 10.1. The number of carboxylic acids is 1. The molecule has 5 heteroatoms. The Kier molecular flexibility index (Phi) is 6.02. The van der Waals surface area contributed by atoms with Crippen molar-refractivity contribution in [3.05, 3.63) is 35.4 Å². The summed E-state index contributed by atoms with van der Waals surface area (Å²) in [6.45, 7) is 2.83. The fourth-order valence-electron chi connectivity index (χ4n) is 1.75. The quantitative estimate of drug-likeness (QED) is 0.685. The van der Waals surface area contributed by atoms with E-state index >= 15 is 0 Å². The maximum Gasteiger partial charge on any atom is 0.335 e. The maximum absolute atomic E-state index is 11.6. The highest BCUT2D eigenvalue weighted by molar-refractivity contribution is 5.87. The standard InChI is InChI=1S/C14H20N2O3/c1-10(5-7-15)13(17)16-8-6-11-3-2-4-12(9-11)14(18)19/h2-4,9-10H,5-8,15H2,1H3,(H,16,17)(H,18,19). The first kappa shape index (κ1) is 15.2. The normalized spacial score (nSPS) is 11.9. The third-order valence-electron chi connectivity index (χ3n) is 2.93. The number of nitrogens with one attached hydrogen (secondary N) is 1. The highest BCUT2D eigenvalue weighted by Gasteiger charge is 2.10. The van der Waals surface area contributed by atoms with Crippen LogP contribution >= 0.6 is 0 Å². The van der Waals surface area contributed by atoms with Crippen LogP contribution in [0.3, 0.4) is 0 Å². The van der Waals surface area contributed by atoms with E-state index in [0.717, 1.165) is 5.56 Å². The van der Waals surface area contributed by atoms with E-state index < -0.39 is 5.97 Å². The van der Waals surface area contributed by atoms with Gasteiger partial charge in [-0.25, -0.2) is 4.79 Å². The Labute approximate surface area is 112 Å². The van der Waals surface area contributed by atoms with Crippen LogP contribution in [-0.4, -0.2) is 30.1 Å². The smallest absolute Gasteiger partial charge is 0.335 e. The Morgan fingerprint density at radius 3 is 2.79 bits per heavy atom. The van der Waals surface area contributed by atoms with Crippen LogP contribution in [0.4, 0.5) is 0 Å². The van der Waals surface area contributed by atoms with Gasteiger partial charge in [0.15, 0.2) is 0 Å². The SMILES string of the molecule is CC(CCN)C(=O)NCCc1cccc(C(=O)O)c1. The third-order valence-corrected chi connectivity index (χ3v) is 2.93. The lowest BCUT2D eigenvalue weighted by Gasteiger charge is -2.11. The van der Waals surface area contributed by atoms with Crippen molar-refractivity contribution in [1.82, 2.24) is 5.32 Å². The zero-order chi connectivity index (χ0) is 14.3. The van der Waals surface area contributed by atoms with Crippen molar-refractivity contribution in [3.63, 3.8) is 0 Å². The maximum atomic E-state index is 11.6. The lowest BCUT2D eigenvalue weighted by Crippen LogP contribution is -2.31. The molecular weight excluding hydrogens is 244 g/mol. The van der Waals surface area contributed by atoms with E-state index in [1.54, 1.807) is 18.2 Å². The van der Waals surface area contributed by atoms with Crippen molar-refractivity contribution in [2.24, 2.45) is 11.7 Å². The second kappa shape index (κ2) is 7.53. The first-order valence-electron chi connectivity index (χ1n) is 6.34. The highest BCUT2D eigenvalue weighted by Crippen LogP contribution is 2.06. The average Bonchev–Trinajstić information content (AvgIpc) is 2.39. The molecule has 1 aromatic rings.